The van der Waals surface area contributed by atoms with Crippen molar-refractivity contribution in [3.63, 3.8) is 0 Å². The van der Waals surface area contributed by atoms with Crippen LogP contribution in [0.1, 0.15) is 32.7 Å². The van der Waals surface area contributed by atoms with E-state index in [0.29, 0.717) is 41.8 Å². The van der Waals surface area contributed by atoms with Gasteiger partial charge in [-0.3, -0.25) is 4.79 Å². The monoisotopic (exact) mass is 530 g/mol. The smallest absolute Gasteiger partial charge is 0.254 e. The second-order valence-corrected chi connectivity index (χ2v) is 10.2. The Morgan fingerprint density at radius 1 is 0.838 bits per heavy atom. The lowest BCUT2D eigenvalue weighted by Gasteiger charge is -2.36. The van der Waals surface area contributed by atoms with Gasteiger partial charge in [-0.05, 0) is 43.7 Å². The van der Waals surface area contributed by atoms with Gasteiger partial charge >= 0.3 is 0 Å². The number of carbonyl (C=O) groups is 1. The highest BCUT2D eigenvalue weighted by molar-refractivity contribution is 6.42. The van der Waals surface area contributed by atoms with Crippen LogP contribution in [-0.4, -0.2) is 47.0 Å². The van der Waals surface area contributed by atoms with Crippen LogP contribution in [0.25, 0.3) is 11.4 Å². The van der Waals surface area contributed by atoms with E-state index in [4.69, 9.17) is 33.2 Å². The number of hydrogen-bond donors (Lipinski definition) is 0. The van der Waals surface area contributed by atoms with Crippen molar-refractivity contribution in [1.82, 2.24) is 14.9 Å². The lowest BCUT2D eigenvalue weighted by Crippen LogP contribution is -2.49. The van der Waals surface area contributed by atoms with Gasteiger partial charge in [0.15, 0.2) is 5.82 Å². The maximum absolute atomic E-state index is 13.1. The fourth-order valence-corrected chi connectivity index (χ4v) is 4.99. The van der Waals surface area contributed by atoms with Gasteiger partial charge in [0.2, 0.25) is 0 Å². The molecular weight excluding hydrogens is 503 g/mol. The molecule has 1 aromatic heterocycles. The SMILES string of the molecule is Cc1cccc(-c2nc(C)c(Cc3ccccc3)c(N3CCN(C(=O)c4ccc(Cl)c(Cl)c4)CC3)n2)c1. The molecule has 0 atom stereocenters. The second-order valence-electron chi connectivity index (χ2n) is 9.37. The van der Waals surface area contributed by atoms with E-state index in [9.17, 15) is 4.79 Å². The van der Waals surface area contributed by atoms with Crippen LogP contribution in [0.5, 0.6) is 0 Å². The average Bonchev–Trinajstić information content (AvgIpc) is 2.91. The second kappa shape index (κ2) is 10.9. The predicted octanol–water partition coefficient (Wildman–Crippen LogP) is 6.62. The molecule has 1 amide bonds. The zero-order valence-electron chi connectivity index (χ0n) is 20.9. The maximum atomic E-state index is 13.1. The van der Waals surface area contributed by atoms with Gasteiger partial charge in [0.05, 0.1) is 10.0 Å². The number of nitrogens with zero attached hydrogens (tertiary/aromatic N) is 4. The molecule has 0 aliphatic carbocycles. The van der Waals surface area contributed by atoms with Gasteiger partial charge in [0.1, 0.15) is 5.82 Å². The Morgan fingerprint density at radius 2 is 1.59 bits per heavy atom. The maximum Gasteiger partial charge on any atom is 0.254 e. The molecule has 4 aromatic rings. The Bertz CT molecular complexity index is 1430. The number of amides is 1. The molecule has 1 fully saturated rings. The highest BCUT2D eigenvalue weighted by Crippen LogP contribution is 2.29. The summed E-state index contributed by atoms with van der Waals surface area (Å²) in [6.45, 7) is 6.68. The first kappa shape index (κ1) is 25.2. The van der Waals surface area contributed by atoms with Gasteiger partial charge in [0.25, 0.3) is 5.91 Å². The lowest BCUT2D eigenvalue weighted by atomic mass is 10.0. The van der Waals surface area contributed by atoms with Crippen molar-refractivity contribution in [2.75, 3.05) is 31.1 Å². The Kier molecular flexibility index (Phi) is 7.45. The van der Waals surface area contributed by atoms with Gasteiger partial charge in [-0.1, -0.05) is 77.3 Å². The zero-order chi connectivity index (χ0) is 25.9. The molecule has 5 rings (SSSR count). The Hall–Kier alpha value is -3.41. The summed E-state index contributed by atoms with van der Waals surface area (Å²) < 4.78 is 0. The minimum absolute atomic E-state index is 0.0398. The van der Waals surface area contributed by atoms with Crippen molar-refractivity contribution < 1.29 is 4.79 Å². The van der Waals surface area contributed by atoms with Gasteiger partial charge in [-0.25, -0.2) is 9.97 Å². The minimum Gasteiger partial charge on any atom is -0.353 e. The molecule has 0 bridgehead atoms. The quantitative estimate of drug-likeness (QED) is 0.291. The van der Waals surface area contributed by atoms with E-state index in [2.05, 4.69) is 61.2 Å². The summed E-state index contributed by atoms with van der Waals surface area (Å²) >= 11 is 12.2. The Balaban J connectivity index is 1.44. The molecule has 0 unspecified atom stereocenters. The summed E-state index contributed by atoms with van der Waals surface area (Å²) in [5.41, 5.74) is 6.03. The molecule has 0 spiro atoms. The fourth-order valence-electron chi connectivity index (χ4n) is 4.70. The van der Waals surface area contributed by atoms with Crippen LogP contribution in [0.2, 0.25) is 10.0 Å². The number of rotatable bonds is 5. The number of carbonyl (C=O) groups excluding carboxylic acids is 1. The van der Waals surface area contributed by atoms with E-state index >= 15 is 0 Å². The number of aromatic nitrogens is 2. The highest BCUT2D eigenvalue weighted by Gasteiger charge is 2.26. The van der Waals surface area contributed by atoms with Crippen molar-refractivity contribution in [3.8, 4) is 11.4 Å². The van der Waals surface area contributed by atoms with Gasteiger partial charge in [0, 0.05) is 55.0 Å². The number of hydrogen-bond acceptors (Lipinski definition) is 4. The van der Waals surface area contributed by atoms with Crippen LogP contribution in [0.3, 0.4) is 0 Å². The first-order valence-electron chi connectivity index (χ1n) is 12.4. The highest BCUT2D eigenvalue weighted by atomic mass is 35.5. The third kappa shape index (κ3) is 5.63. The summed E-state index contributed by atoms with van der Waals surface area (Å²) in [4.78, 5) is 27.3. The lowest BCUT2D eigenvalue weighted by molar-refractivity contribution is 0.0746. The van der Waals surface area contributed by atoms with Crippen molar-refractivity contribution in [2.45, 2.75) is 20.3 Å². The minimum atomic E-state index is -0.0398. The number of anilines is 1. The number of benzene rings is 3. The third-order valence-corrected chi connectivity index (χ3v) is 7.46. The molecule has 0 radical (unpaired) electrons. The predicted molar refractivity (Wildman–Crippen MR) is 151 cm³/mol. The van der Waals surface area contributed by atoms with Crippen molar-refractivity contribution in [1.29, 1.82) is 0 Å². The van der Waals surface area contributed by atoms with E-state index in [1.807, 2.05) is 17.0 Å². The summed E-state index contributed by atoms with van der Waals surface area (Å²) in [6.07, 6.45) is 0.749. The molecule has 7 heteroatoms. The summed E-state index contributed by atoms with van der Waals surface area (Å²) in [7, 11) is 0. The molecule has 37 heavy (non-hydrogen) atoms. The number of piperazine rings is 1. The Morgan fingerprint density at radius 3 is 2.30 bits per heavy atom. The number of halogens is 2. The molecule has 2 heterocycles. The molecule has 188 valence electrons. The average molecular weight is 531 g/mol. The van der Waals surface area contributed by atoms with Crippen molar-refractivity contribution >= 4 is 34.9 Å². The van der Waals surface area contributed by atoms with Gasteiger partial charge < -0.3 is 9.80 Å². The van der Waals surface area contributed by atoms with Gasteiger partial charge in [-0.15, -0.1) is 0 Å². The first-order chi connectivity index (χ1) is 17.9. The molecule has 0 saturated carbocycles. The van der Waals surface area contributed by atoms with Gasteiger partial charge in [-0.2, -0.15) is 0 Å². The van der Waals surface area contributed by atoms with Crippen LogP contribution < -0.4 is 4.90 Å². The van der Waals surface area contributed by atoms with E-state index in [1.165, 1.54) is 11.1 Å². The van der Waals surface area contributed by atoms with Crippen LogP contribution >= 0.6 is 23.2 Å². The van der Waals surface area contributed by atoms with Crippen LogP contribution in [0, 0.1) is 13.8 Å². The fraction of sp³-hybridized carbons (Fsp3) is 0.233. The van der Waals surface area contributed by atoms with E-state index in [-0.39, 0.29) is 5.91 Å². The number of aryl methyl sites for hydroxylation is 2. The standard InChI is InChI=1S/C30H28Cl2N4O/c1-20-7-6-10-23(17-20)28-33-21(2)25(18-22-8-4-3-5-9-22)29(34-28)35-13-15-36(16-14-35)30(37)24-11-12-26(31)27(32)19-24/h3-12,17,19H,13-16,18H2,1-2H3. The molecule has 1 saturated heterocycles. The third-order valence-electron chi connectivity index (χ3n) is 6.73. The summed E-state index contributed by atoms with van der Waals surface area (Å²) in [6, 6.07) is 23.7. The normalized spacial score (nSPS) is 13.6. The zero-order valence-corrected chi connectivity index (χ0v) is 22.4. The Labute approximate surface area is 227 Å². The molecule has 0 N–H and O–H groups in total. The van der Waals surface area contributed by atoms with Crippen LogP contribution in [0.4, 0.5) is 5.82 Å². The van der Waals surface area contributed by atoms with E-state index in [0.717, 1.165) is 34.9 Å². The topological polar surface area (TPSA) is 49.3 Å². The first-order valence-corrected chi connectivity index (χ1v) is 13.1. The summed E-state index contributed by atoms with van der Waals surface area (Å²) in [5.74, 6) is 1.62. The van der Waals surface area contributed by atoms with E-state index in [1.54, 1.807) is 18.2 Å². The van der Waals surface area contributed by atoms with E-state index < -0.39 is 0 Å². The molecular formula is C30H28Cl2N4O. The largest absolute Gasteiger partial charge is 0.353 e. The van der Waals surface area contributed by atoms with Crippen LogP contribution in [-0.2, 0) is 6.42 Å². The molecule has 1 aliphatic heterocycles. The molecule has 5 nitrogen and oxygen atoms in total. The van der Waals surface area contributed by atoms with Crippen LogP contribution in [0.15, 0.2) is 72.8 Å². The van der Waals surface area contributed by atoms with Crippen molar-refractivity contribution in [3.05, 3.63) is 111 Å². The summed E-state index contributed by atoms with van der Waals surface area (Å²) in [5, 5.41) is 0.828. The molecule has 3 aromatic carbocycles. The van der Waals surface area contributed by atoms with Crippen molar-refractivity contribution in [2.24, 2.45) is 0 Å². The molecule has 1 aliphatic rings.